The molecule has 0 aliphatic rings. The van der Waals surface area contributed by atoms with Crippen LogP contribution < -0.4 is 0 Å². The molecule has 0 rings (SSSR count). The Morgan fingerprint density at radius 2 is 2.00 bits per heavy atom. The van der Waals surface area contributed by atoms with E-state index in [-0.39, 0.29) is 0 Å². The summed E-state index contributed by atoms with van der Waals surface area (Å²) in [5, 5.41) is 0. The van der Waals surface area contributed by atoms with Gasteiger partial charge in [0.1, 0.15) is 0 Å². The predicted octanol–water partition coefficient (Wildman–Crippen LogP) is 1.02. The predicted molar refractivity (Wildman–Crippen MR) is 43.8 cm³/mol. The van der Waals surface area contributed by atoms with E-state index in [1.165, 1.54) is 6.42 Å². The van der Waals surface area contributed by atoms with Crippen LogP contribution in [-0.2, 0) is 3.07 Å². The number of nitrogens with zero attached hydrogens (tertiary/aromatic N) is 1. The molecule has 2 nitrogen and oxygen atoms in total. The fraction of sp³-hybridized carbons (Fsp3) is 1.00. The van der Waals surface area contributed by atoms with Crippen molar-refractivity contribution < 1.29 is 3.07 Å². The number of hydrogen-bond acceptors (Lipinski definition) is 2. The van der Waals surface area contributed by atoms with Crippen molar-refractivity contribution in [1.82, 2.24) is 4.90 Å². The fourth-order valence-corrected chi connectivity index (χ4v) is 2.20. The average Bonchev–Trinajstić information content (AvgIpc) is 1.88. The van der Waals surface area contributed by atoms with Gasteiger partial charge in [-0.05, 0) is 0 Å². The van der Waals surface area contributed by atoms with E-state index in [1.807, 2.05) is 0 Å². The molecule has 0 amide bonds. The van der Waals surface area contributed by atoms with Gasteiger partial charge in [-0.2, -0.15) is 0 Å². The molecule has 58 valence electrons. The zero-order valence-electron chi connectivity index (χ0n) is 7.22. The van der Waals surface area contributed by atoms with Crippen molar-refractivity contribution in [2.45, 2.75) is 26.5 Å². The van der Waals surface area contributed by atoms with Gasteiger partial charge in [0, 0.05) is 0 Å². The Morgan fingerprint density at radius 3 is 2.10 bits per heavy atom. The summed E-state index contributed by atoms with van der Waals surface area (Å²) < 4.78 is 5.38. The summed E-state index contributed by atoms with van der Waals surface area (Å²) in [7, 11) is 4.11. The molecule has 10 heavy (non-hydrogen) atoms. The van der Waals surface area contributed by atoms with Gasteiger partial charge in [0.05, 0.1) is 0 Å². The summed E-state index contributed by atoms with van der Waals surface area (Å²) in [6, 6.07) is 0. The van der Waals surface area contributed by atoms with E-state index in [9.17, 15) is 0 Å². The van der Waals surface area contributed by atoms with E-state index in [0.717, 1.165) is 22.9 Å². The van der Waals surface area contributed by atoms with Gasteiger partial charge in [-0.25, -0.2) is 0 Å². The van der Waals surface area contributed by atoms with Crippen LogP contribution in [0, 0.1) is 5.92 Å². The third-order valence-electron chi connectivity index (χ3n) is 1.76. The average molecular weight is 249 g/mol. The first-order chi connectivity index (χ1) is 4.63. The van der Waals surface area contributed by atoms with Crippen molar-refractivity contribution in [3.63, 3.8) is 0 Å². The minimum atomic E-state index is 0.309. The zero-order chi connectivity index (χ0) is 8.15. The molecule has 0 saturated carbocycles. The maximum absolute atomic E-state index is 5.38. The van der Waals surface area contributed by atoms with Crippen molar-refractivity contribution in [1.29, 1.82) is 0 Å². The monoisotopic (exact) mass is 250 g/mol. The Hall–Kier alpha value is 0.719. The third kappa shape index (κ3) is 3.21. The summed E-state index contributed by atoms with van der Waals surface area (Å²) in [6.45, 7) is 4.41. The summed E-state index contributed by atoms with van der Waals surface area (Å²) in [6.07, 6.45) is 1.49. The van der Waals surface area contributed by atoms with Crippen LogP contribution in [-0.4, -0.2) is 48.2 Å². The molecular weight excluding hydrogens is 233 g/mol. The summed E-state index contributed by atoms with van der Waals surface area (Å²) in [4.78, 5) is 2.13. The normalized spacial score (nSPS) is 17.3. The molecule has 3 heteroatoms. The topological polar surface area (TPSA) is 12.5 Å². The van der Waals surface area contributed by atoms with Gasteiger partial charge in [-0.1, -0.05) is 0 Å². The Balaban J connectivity index is 3.80. The zero-order valence-corrected chi connectivity index (χ0v) is 10.1. The van der Waals surface area contributed by atoms with E-state index in [0.29, 0.717) is 12.1 Å². The van der Waals surface area contributed by atoms with Crippen LogP contribution in [0.2, 0.25) is 0 Å². The molecule has 0 heterocycles. The Bertz CT molecular complexity index is 87.7. The SMILES string of the molecule is CCC(C)C([O][Sn+])N(C)C. The second-order valence-electron chi connectivity index (χ2n) is 2.86. The Morgan fingerprint density at radius 1 is 1.50 bits per heavy atom. The molecule has 0 spiro atoms. The quantitative estimate of drug-likeness (QED) is 0.544. The molecule has 2 atom stereocenters. The van der Waals surface area contributed by atoms with Crippen LogP contribution in [0.4, 0.5) is 0 Å². The van der Waals surface area contributed by atoms with Crippen molar-refractivity contribution in [3.05, 3.63) is 0 Å². The molecule has 0 aromatic carbocycles. The van der Waals surface area contributed by atoms with Gasteiger partial charge in [-0.15, -0.1) is 0 Å². The Kier molecular flexibility index (Phi) is 5.77. The van der Waals surface area contributed by atoms with E-state index in [2.05, 4.69) is 32.8 Å². The van der Waals surface area contributed by atoms with Crippen molar-refractivity contribution in [3.8, 4) is 0 Å². The molecule has 0 aliphatic carbocycles. The second kappa shape index (κ2) is 5.38. The standard InChI is InChI=1S/C7H16NO.Sn/c1-5-6(2)7(9)8(3)4;/h6-7H,5H2,1-4H3;/q-1;+2. The second-order valence-corrected chi connectivity index (χ2v) is 3.53. The van der Waals surface area contributed by atoms with Crippen molar-refractivity contribution >= 4 is 22.9 Å². The first-order valence-electron chi connectivity index (χ1n) is 3.62. The van der Waals surface area contributed by atoms with Gasteiger partial charge >= 0.3 is 77.4 Å². The van der Waals surface area contributed by atoms with Gasteiger partial charge in [0.2, 0.25) is 0 Å². The molecule has 0 N–H and O–H groups in total. The molecule has 2 unspecified atom stereocenters. The van der Waals surface area contributed by atoms with Crippen LogP contribution in [0.1, 0.15) is 20.3 Å². The number of hydrogen-bond donors (Lipinski definition) is 0. The van der Waals surface area contributed by atoms with E-state index in [4.69, 9.17) is 3.07 Å². The van der Waals surface area contributed by atoms with Gasteiger partial charge < -0.3 is 0 Å². The molecule has 0 bridgehead atoms. The van der Waals surface area contributed by atoms with Gasteiger partial charge in [0.25, 0.3) is 0 Å². The molecular formula is C7H16NOSn+. The Labute approximate surface area is 77.6 Å². The molecule has 0 saturated heterocycles. The van der Waals surface area contributed by atoms with E-state index < -0.39 is 0 Å². The summed E-state index contributed by atoms with van der Waals surface area (Å²) in [5.74, 6) is 0.634. The van der Waals surface area contributed by atoms with Gasteiger partial charge in [0.15, 0.2) is 0 Å². The van der Waals surface area contributed by atoms with Crippen LogP contribution >= 0.6 is 0 Å². The van der Waals surface area contributed by atoms with Crippen molar-refractivity contribution in [2.75, 3.05) is 14.1 Å². The first-order valence-corrected chi connectivity index (χ1v) is 4.78. The van der Waals surface area contributed by atoms with Crippen LogP contribution in [0.3, 0.4) is 0 Å². The van der Waals surface area contributed by atoms with Crippen LogP contribution in [0.5, 0.6) is 0 Å². The fourth-order valence-electron chi connectivity index (χ4n) is 0.932. The molecule has 0 aliphatic heterocycles. The minimum absolute atomic E-state index is 0.309. The summed E-state index contributed by atoms with van der Waals surface area (Å²) in [5.41, 5.74) is 0. The van der Waals surface area contributed by atoms with Crippen molar-refractivity contribution in [2.24, 2.45) is 5.92 Å². The van der Waals surface area contributed by atoms with E-state index >= 15 is 0 Å². The van der Waals surface area contributed by atoms with Crippen LogP contribution in [0.25, 0.3) is 0 Å². The molecule has 0 fully saturated rings. The van der Waals surface area contributed by atoms with Crippen LogP contribution in [0.15, 0.2) is 0 Å². The molecule has 0 aromatic heterocycles. The third-order valence-corrected chi connectivity index (χ3v) is 2.45. The van der Waals surface area contributed by atoms with E-state index in [1.54, 1.807) is 0 Å². The summed E-state index contributed by atoms with van der Waals surface area (Å²) >= 11 is 1.16. The van der Waals surface area contributed by atoms with Gasteiger partial charge in [-0.3, -0.25) is 0 Å². The molecule has 2 radical (unpaired) electrons. The molecule has 0 aromatic rings. The first kappa shape index (κ1) is 10.7. The maximum atomic E-state index is 5.38. The number of rotatable bonds is 4.